The molecule has 0 fully saturated rings. The molecule has 0 aliphatic rings. The molecule has 1 aromatic rings. The van der Waals surface area contributed by atoms with Crippen LogP contribution in [0.1, 0.15) is 36.2 Å². The minimum Gasteiger partial charge on any atom is -0.395 e. The van der Waals surface area contributed by atoms with Gasteiger partial charge in [0.05, 0.1) is 6.61 Å². The third kappa shape index (κ3) is 3.29. The number of aliphatic hydroxyl groups is 1. The number of ketones is 1. The van der Waals surface area contributed by atoms with Gasteiger partial charge in [0.15, 0.2) is 5.78 Å². The van der Waals surface area contributed by atoms with Gasteiger partial charge in [0.2, 0.25) is 0 Å². The Kier molecular flexibility index (Phi) is 5.28. The van der Waals surface area contributed by atoms with Crippen LogP contribution < -0.4 is 4.90 Å². The van der Waals surface area contributed by atoms with E-state index >= 15 is 0 Å². The Morgan fingerprint density at radius 1 is 1.39 bits per heavy atom. The van der Waals surface area contributed by atoms with Crippen molar-refractivity contribution < 1.29 is 14.3 Å². The van der Waals surface area contributed by atoms with Gasteiger partial charge in [-0.3, -0.25) is 4.79 Å². The van der Waals surface area contributed by atoms with E-state index in [4.69, 9.17) is 5.11 Å². The Morgan fingerprint density at radius 3 is 2.56 bits per heavy atom. The summed E-state index contributed by atoms with van der Waals surface area (Å²) in [4.78, 5) is 13.5. The highest BCUT2D eigenvalue weighted by atomic mass is 19.1. The Hall–Kier alpha value is -1.42. The topological polar surface area (TPSA) is 40.5 Å². The molecule has 1 N–H and O–H groups in total. The van der Waals surface area contributed by atoms with E-state index in [0.717, 1.165) is 13.0 Å². The first kappa shape index (κ1) is 14.6. The smallest absolute Gasteiger partial charge is 0.161 e. The molecule has 4 heteroatoms. The highest BCUT2D eigenvalue weighted by molar-refractivity contribution is 5.99. The zero-order chi connectivity index (χ0) is 13.7. The minimum absolute atomic E-state index is 0.00771. The van der Waals surface area contributed by atoms with Crippen LogP contribution in [0.2, 0.25) is 0 Å². The molecule has 1 rings (SSSR count). The number of hydrogen-bond acceptors (Lipinski definition) is 3. The van der Waals surface area contributed by atoms with Crippen molar-refractivity contribution in [2.75, 3.05) is 24.6 Å². The van der Waals surface area contributed by atoms with Gasteiger partial charge in [0.1, 0.15) is 5.82 Å². The fourth-order valence-corrected chi connectivity index (χ4v) is 1.95. The van der Waals surface area contributed by atoms with Crippen molar-refractivity contribution in [2.24, 2.45) is 0 Å². The Balaban J connectivity index is 3.25. The van der Waals surface area contributed by atoms with Gasteiger partial charge in [-0.15, -0.1) is 0 Å². The van der Waals surface area contributed by atoms with Gasteiger partial charge in [-0.25, -0.2) is 4.39 Å². The molecule has 1 aromatic carbocycles. The summed E-state index contributed by atoms with van der Waals surface area (Å²) >= 11 is 0. The average molecular weight is 253 g/mol. The van der Waals surface area contributed by atoms with E-state index in [0.29, 0.717) is 23.4 Å². The predicted octanol–water partition coefficient (Wildman–Crippen LogP) is 2.55. The van der Waals surface area contributed by atoms with Crippen LogP contribution in [0.15, 0.2) is 12.1 Å². The third-order valence-corrected chi connectivity index (χ3v) is 2.86. The van der Waals surface area contributed by atoms with Crippen LogP contribution in [0.25, 0.3) is 0 Å². The quantitative estimate of drug-likeness (QED) is 0.792. The van der Waals surface area contributed by atoms with Crippen LogP contribution >= 0.6 is 0 Å². The van der Waals surface area contributed by atoms with E-state index in [-0.39, 0.29) is 18.2 Å². The van der Waals surface area contributed by atoms with E-state index in [9.17, 15) is 9.18 Å². The number of carbonyl (C=O) groups is 1. The summed E-state index contributed by atoms with van der Waals surface area (Å²) in [6.07, 6.45) is 0.897. The number of benzene rings is 1. The Labute approximate surface area is 107 Å². The van der Waals surface area contributed by atoms with Gasteiger partial charge in [0.25, 0.3) is 0 Å². The van der Waals surface area contributed by atoms with Gasteiger partial charge >= 0.3 is 0 Å². The van der Waals surface area contributed by atoms with E-state index in [1.165, 1.54) is 13.0 Å². The molecule has 0 aliphatic heterocycles. The number of halogens is 1. The van der Waals surface area contributed by atoms with Gasteiger partial charge < -0.3 is 10.0 Å². The lowest BCUT2D eigenvalue weighted by atomic mass is 10.0. The molecule has 0 amide bonds. The van der Waals surface area contributed by atoms with Crippen molar-refractivity contribution in [2.45, 2.75) is 27.2 Å². The first-order valence-corrected chi connectivity index (χ1v) is 6.18. The van der Waals surface area contributed by atoms with E-state index in [1.54, 1.807) is 13.0 Å². The van der Waals surface area contributed by atoms with Crippen molar-refractivity contribution in [1.29, 1.82) is 0 Å². The molecule has 100 valence electrons. The molecule has 0 atom stereocenters. The zero-order valence-electron chi connectivity index (χ0n) is 11.2. The first-order valence-electron chi connectivity index (χ1n) is 6.18. The number of hydrogen-bond donors (Lipinski definition) is 1. The monoisotopic (exact) mass is 253 g/mol. The maximum atomic E-state index is 13.5. The summed E-state index contributed by atoms with van der Waals surface area (Å²) in [7, 11) is 0. The molecular formula is C14H20FNO2. The van der Waals surface area contributed by atoms with E-state index in [2.05, 4.69) is 0 Å². The molecule has 0 aromatic heterocycles. The van der Waals surface area contributed by atoms with Crippen molar-refractivity contribution in [3.63, 3.8) is 0 Å². The highest BCUT2D eigenvalue weighted by Gasteiger charge is 2.16. The molecule has 0 saturated heterocycles. The molecule has 18 heavy (non-hydrogen) atoms. The van der Waals surface area contributed by atoms with E-state index in [1.807, 2.05) is 11.8 Å². The molecule has 0 unspecified atom stereocenters. The number of aryl methyl sites for hydroxylation is 1. The van der Waals surface area contributed by atoms with Gasteiger partial charge in [0, 0.05) is 24.3 Å². The number of carbonyl (C=O) groups excluding carboxylic acids is 1. The first-order chi connectivity index (χ1) is 8.51. The summed E-state index contributed by atoms with van der Waals surface area (Å²) in [6.45, 7) is 6.30. The molecule has 0 spiro atoms. The molecule has 3 nitrogen and oxygen atoms in total. The SMILES string of the molecule is CCCN(CCO)c1cc(C)c(F)cc1C(C)=O. The lowest BCUT2D eigenvalue weighted by Gasteiger charge is -2.26. The third-order valence-electron chi connectivity index (χ3n) is 2.86. The summed E-state index contributed by atoms with van der Waals surface area (Å²) in [5, 5.41) is 9.08. The second-order valence-electron chi connectivity index (χ2n) is 4.39. The fourth-order valence-electron chi connectivity index (χ4n) is 1.95. The van der Waals surface area contributed by atoms with Gasteiger partial charge in [-0.1, -0.05) is 6.92 Å². The second-order valence-corrected chi connectivity index (χ2v) is 4.39. The molecule has 0 heterocycles. The van der Waals surface area contributed by atoms with Crippen molar-refractivity contribution in [3.05, 3.63) is 29.1 Å². The maximum Gasteiger partial charge on any atom is 0.161 e. The summed E-state index contributed by atoms with van der Waals surface area (Å²) in [5.41, 5.74) is 1.59. The minimum atomic E-state index is -0.371. The molecule has 0 saturated carbocycles. The number of nitrogens with zero attached hydrogens (tertiary/aromatic N) is 1. The predicted molar refractivity (Wildman–Crippen MR) is 70.7 cm³/mol. The van der Waals surface area contributed by atoms with Gasteiger partial charge in [-0.2, -0.15) is 0 Å². The van der Waals surface area contributed by atoms with Crippen LogP contribution in [0, 0.1) is 12.7 Å². The normalized spacial score (nSPS) is 10.5. The van der Waals surface area contributed by atoms with Crippen molar-refractivity contribution in [1.82, 2.24) is 0 Å². The average Bonchev–Trinajstić information content (AvgIpc) is 2.31. The van der Waals surface area contributed by atoms with Crippen LogP contribution in [-0.2, 0) is 0 Å². The summed E-state index contributed by atoms with van der Waals surface area (Å²) in [6, 6.07) is 2.96. The fraction of sp³-hybridized carbons (Fsp3) is 0.500. The van der Waals surface area contributed by atoms with Crippen LogP contribution in [0.5, 0.6) is 0 Å². The largest absolute Gasteiger partial charge is 0.395 e. The molecule has 0 bridgehead atoms. The van der Waals surface area contributed by atoms with Gasteiger partial charge in [-0.05, 0) is 38.0 Å². The van der Waals surface area contributed by atoms with Crippen molar-refractivity contribution >= 4 is 11.5 Å². The van der Waals surface area contributed by atoms with E-state index < -0.39 is 0 Å². The van der Waals surface area contributed by atoms with Crippen LogP contribution in [0.4, 0.5) is 10.1 Å². The summed E-state index contributed by atoms with van der Waals surface area (Å²) in [5.74, 6) is -0.535. The highest BCUT2D eigenvalue weighted by Crippen LogP contribution is 2.25. The van der Waals surface area contributed by atoms with Crippen molar-refractivity contribution in [3.8, 4) is 0 Å². The van der Waals surface area contributed by atoms with Crippen LogP contribution in [-0.4, -0.2) is 30.6 Å². The number of rotatable bonds is 6. The standard InChI is InChI=1S/C14H20FNO2/c1-4-5-16(6-7-17)14-8-10(2)13(15)9-12(14)11(3)18/h8-9,17H,4-7H2,1-3H3. The Morgan fingerprint density at radius 2 is 2.06 bits per heavy atom. The number of anilines is 1. The second kappa shape index (κ2) is 6.50. The molecule has 0 radical (unpaired) electrons. The lowest BCUT2D eigenvalue weighted by molar-refractivity contribution is 0.101. The zero-order valence-corrected chi connectivity index (χ0v) is 11.2. The van der Waals surface area contributed by atoms with Crippen LogP contribution in [0.3, 0.4) is 0 Å². The number of aliphatic hydroxyl groups excluding tert-OH is 1. The maximum absolute atomic E-state index is 13.5. The Bertz CT molecular complexity index is 426. The number of Topliss-reactive ketones (excluding diaryl/α,β-unsaturated/α-hetero) is 1. The molecule has 0 aliphatic carbocycles. The lowest BCUT2D eigenvalue weighted by Crippen LogP contribution is -2.29. The molecular weight excluding hydrogens is 233 g/mol. The summed E-state index contributed by atoms with van der Waals surface area (Å²) < 4.78 is 13.5.